The van der Waals surface area contributed by atoms with Gasteiger partial charge in [0.05, 0.1) is 17.9 Å². The van der Waals surface area contributed by atoms with Crippen LogP contribution in [-0.4, -0.2) is 40.4 Å². The second-order valence-electron chi connectivity index (χ2n) is 7.10. The van der Waals surface area contributed by atoms with Crippen molar-refractivity contribution in [2.24, 2.45) is 14.1 Å². The Balaban J connectivity index is 1.52. The Labute approximate surface area is 157 Å². The molecule has 1 aliphatic rings. The Hall–Kier alpha value is -2.89. The second kappa shape index (κ2) is 6.68. The largest absolute Gasteiger partial charge is 0.379 e. The number of aliphatic hydroxyl groups excluding tert-OH is 1. The number of fused-ring (bicyclic) bond motifs is 1. The quantitative estimate of drug-likeness (QED) is 0.751. The van der Waals surface area contributed by atoms with Crippen LogP contribution in [0.1, 0.15) is 40.3 Å². The average Bonchev–Trinajstić information content (AvgIpc) is 3.34. The van der Waals surface area contributed by atoms with Gasteiger partial charge in [-0.15, -0.1) is 0 Å². The van der Waals surface area contributed by atoms with Gasteiger partial charge in [0.1, 0.15) is 17.6 Å². The van der Waals surface area contributed by atoms with Crippen LogP contribution in [0.3, 0.4) is 0 Å². The summed E-state index contributed by atoms with van der Waals surface area (Å²) in [5.41, 5.74) is 4.69. The van der Waals surface area contributed by atoms with Crippen LogP contribution in [-0.2, 0) is 33.7 Å². The minimum atomic E-state index is -0.828. The van der Waals surface area contributed by atoms with Gasteiger partial charge in [-0.3, -0.25) is 9.58 Å². The standard InChI is InChI=1S/C19H23N7O/c1-13-14(8-15(10-20)24(13)3)11-25-6-7-26-16(12-25)9-17(22-26)18(27)19-21-4-5-23(19)2/h4-5,8-9,18,27H,6-7,11-12H2,1-3H3/t18-/m0/s1. The molecule has 27 heavy (non-hydrogen) atoms. The molecule has 0 radical (unpaired) electrons. The summed E-state index contributed by atoms with van der Waals surface area (Å²) >= 11 is 0. The number of nitriles is 1. The fraction of sp³-hybridized carbons (Fsp3) is 0.421. The third kappa shape index (κ3) is 3.05. The first kappa shape index (κ1) is 17.5. The summed E-state index contributed by atoms with van der Waals surface area (Å²) in [6.07, 6.45) is 2.66. The highest BCUT2D eigenvalue weighted by molar-refractivity contribution is 5.34. The van der Waals surface area contributed by atoms with Crippen LogP contribution in [0.5, 0.6) is 0 Å². The highest BCUT2D eigenvalue weighted by atomic mass is 16.3. The van der Waals surface area contributed by atoms with E-state index >= 15 is 0 Å². The highest BCUT2D eigenvalue weighted by Crippen LogP contribution is 2.24. The second-order valence-corrected chi connectivity index (χ2v) is 7.10. The summed E-state index contributed by atoms with van der Waals surface area (Å²) in [4.78, 5) is 6.57. The summed E-state index contributed by atoms with van der Waals surface area (Å²) in [5, 5.41) is 24.4. The van der Waals surface area contributed by atoms with E-state index in [0.29, 0.717) is 17.2 Å². The summed E-state index contributed by atoms with van der Waals surface area (Å²) in [6, 6.07) is 6.17. The Kier molecular flexibility index (Phi) is 4.34. The first-order valence-electron chi connectivity index (χ1n) is 8.97. The smallest absolute Gasteiger partial charge is 0.155 e. The molecule has 0 saturated carbocycles. The zero-order chi connectivity index (χ0) is 19.1. The molecule has 0 saturated heterocycles. The van der Waals surface area contributed by atoms with E-state index in [2.05, 4.69) is 21.1 Å². The van der Waals surface area contributed by atoms with E-state index in [4.69, 9.17) is 0 Å². The summed E-state index contributed by atoms with van der Waals surface area (Å²) in [6.45, 7) is 5.26. The SMILES string of the molecule is Cc1c(CN2CCn3nc([C@H](O)c4nccn4C)cc3C2)cc(C#N)n1C. The van der Waals surface area contributed by atoms with Crippen LogP contribution in [0.25, 0.3) is 0 Å². The van der Waals surface area contributed by atoms with Gasteiger partial charge in [-0.1, -0.05) is 0 Å². The van der Waals surface area contributed by atoms with Gasteiger partial charge in [0.15, 0.2) is 6.10 Å². The molecule has 140 valence electrons. The molecule has 1 N–H and O–H groups in total. The van der Waals surface area contributed by atoms with E-state index in [1.54, 1.807) is 10.8 Å². The van der Waals surface area contributed by atoms with Crippen LogP contribution in [0.15, 0.2) is 24.5 Å². The monoisotopic (exact) mass is 365 g/mol. The first-order valence-corrected chi connectivity index (χ1v) is 8.97. The topological polar surface area (TPSA) is 87.8 Å². The van der Waals surface area contributed by atoms with Crippen molar-refractivity contribution in [1.29, 1.82) is 5.26 Å². The minimum absolute atomic E-state index is 0.589. The lowest BCUT2D eigenvalue weighted by Gasteiger charge is -2.27. The number of aliphatic hydroxyl groups is 1. The van der Waals surface area contributed by atoms with Crippen molar-refractivity contribution in [2.75, 3.05) is 6.54 Å². The Bertz CT molecular complexity index is 1020. The van der Waals surface area contributed by atoms with Crippen LogP contribution in [0, 0.1) is 18.3 Å². The zero-order valence-electron chi connectivity index (χ0n) is 15.8. The van der Waals surface area contributed by atoms with Crippen molar-refractivity contribution in [3.8, 4) is 6.07 Å². The van der Waals surface area contributed by atoms with E-state index in [1.807, 2.05) is 48.6 Å². The third-order valence-electron chi connectivity index (χ3n) is 5.43. The molecule has 4 heterocycles. The maximum absolute atomic E-state index is 10.6. The van der Waals surface area contributed by atoms with Crippen molar-refractivity contribution in [3.05, 3.63) is 58.7 Å². The molecule has 0 aliphatic carbocycles. The molecular formula is C19H23N7O. The van der Waals surface area contributed by atoms with Gasteiger partial charge in [-0.25, -0.2) is 4.98 Å². The molecule has 0 unspecified atom stereocenters. The van der Waals surface area contributed by atoms with Crippen molar-refractivity contribution >= 4 is 0 Å². The molecule has 0 fully saturated rings. The van der Waals surface area contributed by atoms with Gasteiger partial charge < -0.3 is 14.2 Å². The van der Waals surface area contributed by atoms with Gasteiger partial charge in [0, 0.05) is 51.8 Å². The van der Waals surface area contributed by atoms with Crippen molar-refractivity contribution < 1.29 is 5.11 Å². The molecule has 0 amide bonds. The Morgan fingerprint density at radius 1 is 1.30 bits per heavy atom. The van der Waals surface area contributed by atoms with Crippen molar-refractivity contribution in [1.82, 2.24) is 28.8 Å². The predicted octanol–water partition coefficient (Wildman–Crippen LogP) is 1.23. The zero-order valence-corrected chi connectivity index (χ0v) is 15.8. The van der Waals surface area contributed by atoms with E-state index in [1.165, 1.54) is 5.56 Å². The molecule has 0 bridgehead atoms. The van der Waals surface area contributed by atoms with Gasteiger partial charge in [0.2, 0.25) is 0 Å². The lowest BCUT2D eigenvalue weighted by atomic mass is 10.2. The average molecular weight is 365 g/mol. The normalized spacial score (nSPS) is 15.5. The maximum atomic E-state index is 10.6. The molecule has 3 aromatic rings. The number of imidazole rings is 1. The van der Waals surface area contributed by atoms with Crippen molar-refractivity contribution in [3.63, 3.8) is 0 Å². The van der Waals surface area contributed by atoms with Crippen LogP contribution in [0.2, 0.25) is 0 Å². The number of aryl methyl sites for hydroxylation is 1. The fourth-order valence-corrected chi connectivity index (χ4v) is 3.65. The number of hydrogen-bond acceptors (Lipinski definition) is 5. The molecule has 1 atom stereocenters. The number of aromatic nitrogens is 5. The predicted molar refractivity (Wildman–Crippen MR) is 98.5 cm³/mol. The molecule has 4 rings (SSSR count). The lowest BCUT2D eigenvalue weighted by molar-refractivity contribution is 0.194. The molecule has 3 aromatic heterocycles. The Morgan fingerprint density at radius 2 is 2.11 bits per heavy atom. The van der Waals surface area contributed by atoms with Crippen LogP contribution < -0.4 is 0 Å². The molecule has 0 aromatic carbocycles. The highest BCUT2D eigenvalue weighted by Gasteiger charge is 2.24. The molecule has 1 aliphatic heterocycles. The summed E-state index contributed by atoms with van der Waals surface area (Å²) < 4.78 is 5.71. The van der Waals surface area contributed by atoms with E-state index < -0.39 is 6.10 Å². The fourth-order valence-electron chi connectivity index (χ4n) is 3.65. The van der Waals surface area contributed by atoms with E-state index in [0.717, 1.165) is 37.6 Å². The lowest BCUT2D eigenvalue weighted by Crippen LogP contribution is -2.33. The van der Waals surface area contributed by atoms with Gasteiger partial charge >= 0.3 is 0 Å². The maximum Gasteiger partial charge on any atom is 0.155 e. The Morgan fingerprint density at radius 3 is 2.78 bits per heavy atom. The molecule has 8 nitrogen and oxygen atoms in total. The third-order valence-corrected chi connectivity index (χ3v) is 5.43. The van der Waals surface area contributed by atoms with Gasteiger partial charge in [-0.2, -0.15) is 10.4 Å². The number of hydrogen-bond donors (Lipinski definition) is 1. The van der Waals surface area contributed by atoms with E-state index in [-0.39, 0.29) is 0 Å². The number of nitrogens with zero attached hydrogens (tertiary/aromatic N) is 7. The van der Waals surface area contributed by atoms with Crippen LogP contribution >= 0.6 is 0 Å². The molecule has 0 spiro atoms. The first-order chi connectivity index (χ1) is 13.0. The van der Waals surface area contributed by atoms with Crippen LogP contribution in [0.4, 0.5) is 0 Å². The van der Waals surface area contributed by atoms with Gasteiger partial charge in [-0.05, 0) is 24.6 Å². The summed E-state index contributed by atoms with van der Waals surface area (Å²) in [7, 11) is 3.79. The molecule has 8 heteroatoms. The van der Waals surface area contributed by atoms with E-state index in [9.17, 15) is 10.4 Å². The minimum Gasteiger partial charge on any atom is -0.379 e. The van der Waals surface area contributed by atoms with Crippen molar-refractivity contribution in [2.45, 2.75) is 32.7 Å². The number of rotatable bonds is 4. The van der Waals surface area contributed by atoms with Gasteiger partial charge in [0.25, 0.3) is 0 Å². The molecular weight excluding hydrogens is 342 g/mol. The summed E-state index contributed by atoms with van der Waals surface area (Å²) in [5.74, 6) is 0.589.